The molecule has 0 amide bonds. The summed E-state index contributed by atoms with van der Waals surface area (Å²) < 4.78 is 0. The van der Waals surface area contributed by atoms with Crippen LogP contribution >= 0.6 is 34.5 Å². The highest BCUT2D eigenvalue weighted by atomic mass is 35.5. The predicted molar refractivity (Wildman–Crippen MR) is 79.6 cm³/mol. The van der Waals surface area contributed by atoms with E-state index in [0.29, 0.717) is 6.04 Å². The zero-order valence-corrected chi connectivity index (χ0v) is 12.1. The lowest BCUT2D eigenvalue weighted by molar-refractivity contribution is 0.688. The maximum Gasteiger partial charge on any atom is 0.0592 e. The van der Waals surface area contributed by atoms with Crippen LogP contribution in [-0.2, 0) is 6.54 Å². The molecule has 1 fully saturated rings. The van der Waals surface area contributed by atoms with Crippen molar-refractivity contribution >= 4 is 34.5 Å². The zero-order valence-electron chi connectivity index (χ0n) is 9.75. The number of halogens is 2. The number of hydrogen-bond acceptors (Lipinski definition) is 2. The van der Waals surface area contributed by atoms with Crippen molar-refractivity contribution in [1.82, 2.24) is 5.32 Å². The van der Waals surface area contributed by atoms with Gasteiger partial charge in [-0.2, -0.15) is 0 Å². The summed E-state index contributed by atoms with van der Waals surface area (Å²) in [6.45, 7) is 0.849. The fourth-order valence-electron chi connectivity index (χ4n) is 1.87. The maximum atomic E-state index is 6.32. The quantitative estimate of drug-likeness (QED) is 0.840. The molecule has 2 aromatic rings. The Balaban J connectivity index is 1.81. The molecule has 1 aliphatic carbocycles. The van der Waals surface area contributed by atoms with Gasteiger partial charge in [0.1, 0.15) is 0 Å². The Morgan fingerprint density at radius 1 is 1.17 bits per heavy atom. The first-order valence-corrected chi connectivity index (χ1v) is 7.63. The summed E-state index contributed by atoms with van der Waals surface area (Å²) in [7, 11) is 0. The molecule has 3 rings (SSSR count). The van der Waals surface area contributed by atoms with Gasteiger partial charge in [-0.15, -0.1) is 11.3 Å². The minimum atomic E-state index is 0.701. The van der Waals surface area contributed by atoms with E-state index in [0.717, 1.165) is 32.6 Å². The number of rotatable bonds is 4. The summed E-state index contributed by atoms with van der Waals surface area (Å²) in [6.07, 6.45) is 2.58. The smallest absolute Gasteiger partial charge is 0.0592 e. The highest BCUT2D eigenvalue weighted by Crippen LogP contribution is 2.35. The van der Waals surface area contributed by atoms with Crippen LogP contribution in [0.1, 0.15) is 18.4 Å². The van der Waals surface area contributed by atoms with Gasteiger partial charge < -0.3 is 5.32 Å². The van der Waals surface area contributed by atoms with Crippen LogP contribution in [0.5, 0.6) is 0 Å². The summed E-state index contributed by atoms with van der Waals surface area (Å²) >= 11 is 14.1. The van der Waals surface area contributed by atoms with E-state index in [1.807, 2.05) is 17.5 Å². The van der Waals surface area contributed by atoms with Crippen molar-refractivity contribution in [3.63, 3.8) is 0 Å². The molecular weight excluding hydrogens is 285 g/mol. The zero-order chi connectivity index (χ0) is 12.5. The van der Waals surface area contributed by atoms with Gasteiger partial charge in [-0.05, 0) is 41.5 Å². The van der Waals surface area contributed by atoms with Crippen LogP contribution in [-0.4, -0.2) is 6.04 Å². The lowest BCUT2D eigenvalue weighted by atomic mass is 10.1. The van der Waals surface area contributed by atoms with Crippen LogP contribution in [0.3, 0.4) is 0 Å². The first kappa shape index (κ1) is 12.5. The van der Waals surface area contributed by atoms with Gasteiger partial charge in [0.05, 0.1) is 9.90 Å². The van der Waals surface area contributed by atoms with E-state index in [2.05, 4.69) is 17.4 Å². The van der Waals surface area contributed by atoms with Gasteiger partial charge in [0.25, 0.3) is 0 Å². The molecule has 0 aliphatic heterocycles. The molecule has 1 nitrogen and oxygen atoms in total. The minimum Gasteiger partial charge on any atom is -0.310 e. The molecule has 1 heterocycles. The van der Waals surface area contributed by atoms with Crippen molar-refractivity contribution in [1.29, 1.82) is 0 Å². The van der Waals surface area contributed by atoms with E-state index < -0.39 is 0 Å². The molecule has 94 valence electrons. The fourth-order valence-corrected chi connectivity index (χ4v) is 3.29. The van der Waals surface area contributed by atoms with Crippen LogP contribution in [0.4, 0.5) is 0 Å². The van der Waals surface area contributed by atoms with Crippen molar-refractivity contribution in [3.8, 4) is 10.4 Å². The van der Waals surface area contributed by atoms with Crippen molar-refractivity contribution < 1.29 is 0 Å². The molecule has 0 radical (unpaired) electrons. The van der Waals surface area contributed by atoms with E-state index in [-0.39, 0.29) is 0 Å². The van der Waals surface area contributed by atoms with Crippen LogP contribution in [0.25, 0.3) is 10.4 Å². The second-order valence-electron chi connectivity index (χ2n) is 4.56. The van der Waals surface area contributed by atoms with E-state index >= 15 is 0 Å². The molecule has 4 heteroatoms. The van der Waals surface area contributed by atoms with Crippen molar-refractivity contribution in [2.24, 2.45) is 0 Å². The molecule has 1 N–H and O–H groups in total. The summed E-state index contributed by atoms with van der Waals surface area (Å²) in [4.78, 5) is 1.08. The molecule has 0 bridgehead atoms. The SMILES string of the molecule is Clc1cc(-c2sccc2Cl)ccc1CNC1CC1. The lowest BCUT2D eigenvalue weighted by Crippen LogP contribution is -2.15. The van der Waals surface area contributed by atoms with Gasteiger partial charge in [0.2, 0.25) is 0 Å². The van der Waals surface area contributed by atoms with Crippen LogP contribution in [0.15, 0.2) is 29.6 Å². The third-order valence-electron chi connectivity index (χ3n) is 3.09. The minimum absolute atomic E-state index is 0.701. The Labute approximate surface area is 121 Å². The number of benzene rings is 1. The van der Waals surface area contributed by atoms with Crippen molar-refractivity contribution in [2.45, 2.75) is 25.4 Å². The Hall–Kier alpha value is -0.540. The van der Waals surface area contributed by atoms with E-state index in [4.69, 9.17) is 23.2 Å². The molecule has 0 saturated heterocycles. The van der Waals surface area contributed by atoms with E-state index in [9.17, 15) is 0 Å². The molecule has 1 aromatic heterocycles. The largest absolute Gasteiger partial charge is 0.310 e. The monoisotopic (exact) mass is 297 g/mol. The molecule has 0 atom stereocenters. The molecule has 1 aromatic carbocycles. The summed E-state index contributed by atoms with van der Waals surface area (Å²) in [5, 5.41) is 7.07. The number of nitrogens with one attached hydrogen (secondary N) is 1. The van der Waals surface area contributed by atoms with Gasteiger partial charge in [-0.3, -0.25) is 0 Å². The summed E-state index contributed by atoms with van der Waals surface area (Å²) in [5.74, 6) is 0. The maximum absolute atomic E-state index is 6.32. The normalized spacial score (nSPS) is 15.0. The number of hydrogen-bond donors (Lipinski definition) is 1. The average Bonchev–Trinajstić information content (AvgIpc) is 3.09. The third kappa shape index (κ3) is 2.72. The molecule has 1 saturated carbocycles. The second kappa shape index (κ2) is 5.22. The summed E-state index contributed by atoms with van der Waals surface area (Å²) in [5.41, 5.74) is 2.25. The average molecular weight is 298 g/mol. The summed E-state index contributed by atoms with van der Waals surface area (Å²) in [6, 6.07) is 8.80. The molecule has 1 aliphatic rings. The lowest BCUT2D eigenvalue weighted by Gasteiger charge is -2.07. The van der Waals surface area contributed by atoms with Gasteiger partial charge in [-0.25, -0.2) is 0 Å². The first-order chi connectivity index (χ1) is 8.74. The standard InChI is InChI=1S/C14H13Cl2NS/c15-12-5-6-18-14(12)9-1-2-10(13(16)7-9)8-17-11-3-4-11/h1-2,5-7,11,17H,3-4,8H2. The van der Waals surface area contributed by atoms with Gasteiger partial charge in [0.15, 0.2) is 0 Å². The van der Waals surface area contributed by atoms with Crippen LogP contribution < -0.4 is 5.32 Å². The van der Waals surface area contributed by atoms with Gasteiger partial charge in [0, 0.05) is 17.6 Å². The van der Waals surface area contributed by atoms with Crippen LogP contribution in [0, 0.1) is 0 Å². The molecular formula is C14H13Cl2NS. The Morgan fingerprint density at radius 2 is 2.00 bits per heavy atom. The fraction of sp³-hybridized carbons (Fsp3) is 0.286. The van der Waals surface area contributed by atoms with Gasteiger partial charge in [-0.1, -0.05) is 35.3 Å². The van der Waals surface area contributed by atoms with Gasteiger partial charge >= 0.3 is 0 Å². The Kier molecular flexibility index (Phi) is 3.62. The Morgan fingerprint density at radius 3 is 2.61 bits per heavy atom. The van der Waals surface area contributed by atoms with E-state index in [1.165, 1.54) is 12.8 Å². The highest BCUT2D eigenvalue weighted by Gasteiger charge is 2.20. The molecule has 0 spiro atoms. The molecule has 0 unspecified atom stereocenters. The number of thiophene rings is 1. The third-order valence-corrected chi connectivity index (χ3v) is 4.83. The topological polar surface area (TPSA) is 12.0 Å². The Bertz CT molecular complexity index is 561. The van der Waals surface area contributed by atoms with E-state index in [1.54, 1.807) is 11.3 Å². The van der Waals surface area contributed by atoms with Crippen molar-refractivity contribution in [3.05, 3.63) is 45.3 Å². The first-order valence-electron chi connectivity index (χ1n) is 5.99. The van der Waals surface area contributed by atoms with Crippen molar-refractivity contribution in [2.75, 3.05) is 0 Å². The predicted octanol–water partition coefficient (Wildman–Crippen LogP) is 4.97. The molecule has 18 heavy (non-hydrogen) atoms. The second-order valence-corrected chi connectivity index (χ2v) is 6.29. The highest BCUT2D eigenvalue weighted by molar-refractivity contribution is 7.14. The van der Waals surface area contributed by atoms with Crippen LogP contribution in [0.2, 0.25) is 10.0 Å².